The normalized spacial score (nSPS) is 20.0. The van der Waals surface area contributed by atoms with Crippen molar-refractivity contribution in [2.75, 3.05) is 5.32 Å². The van der Waals surface area contributed by atoms with Crippen molar-refractivity contribution in [1.82, 2.24) is 19.9 Å². The second-order valence-electron chi connectivity index (χ2n) is 5.73. The van der Waals surface area contributed by atoms with Crippen LogP contribution in [-0.2, 0) is 16.0 Å². The molecule has 2 aromatic heterocycles. The number of primary amides is 1. The number of amides is 2. The number of carbonyl (C=O) groups excluding carboxylic acids is 2. The number of carbonyl (C=O) groups is 2. The molecule has 128 valence electrons. The molecule has 0 radical (unpaired) electrons. The van der Waals surface area contributed by atoms with Gasteiger partial charge in [-0.2, -0.15) is 0 Å². The van der Waals surface area contributed by atoms with Crippen LogP contribution in [0.25, 0.3) is 0 Å². The van der Waals surface area contributed by atoms with Crippen LogP contribution in [0.3, 0.4) is 0 Å². The van der Waals surface area contributed by atoms with Gasteiger partial charge in [-0.05, 0) is 19.8 Å². The highest BCUT2D eigenvalue weighted by atomic mass is 16.6. The van der Waals surface area contributed by atoms with Crippen molar-refractivity contribution >= 4 is 17.9 Å². The van der Waals surface area contributed by atoms with Gasteiger partial charge >= 0.3 is 6.09 Å². The van der Waals surface area contributed by atoms with Crippen LogP contribution in [0.1, 0.15) is 36.8 Å². The van der Waals surface area contributed by atoms with Crippen molar-refractivity contribution in [3.05, 3.63) is 23.8 Å². The number of aryl methyl sites for hydroxylation is 1. The van der Waals surface area contributed by atoms with Gasteiger partial charge in [0.15, 0.2) is 0 Å². The third kappa shape index (κ3) is 3.89. The highest BCUT2D eigenvalue weighted by molar-refractivity contribution is 5.90. The quantitative estimate of drug-likeness (QED) is 0.829. The fourth-order valence-electron chi connectivity index (χ4n) is 2.76. The SMILES string of the molecule is Cc1cc(CC(=O)Nc2ncn(C3CCC(OC(N)=O)C3)n2)on1. The molecule has 10 heteroatoms. The lowest BCUT2D eigenvalue weighted by atomic mass is 10.2. The number of aromatic nitrogens is 4. The third-order valence-electron chi connectivity index (χ3n) is 3.79. The summed E-state index contributed by atoms with van der Waals surface area (Å²) >= 11 is 0. The number of rotatable bonds is 5. The van der Waals surface area contributed by atoms with Crippen molar-refractivity contribution < 1.29 is 18.8 Å². The fraction of sp³-hybridized carbons (Fsp3) is 0.500. The summed E-state index contributed by atoms with van der Waals surface area (Å²) in [4.78, 5) is 26.8. The molecule has 10 nitrogen and oxygen atoms in total. The molecule has 1 saturated carbocycles. The number of anilines is 1. The second kappa shape index (κ2) is 6.69. The first-order chi connectivity index (χ1) is 11.5. The van der Waals surface area contributed by atoms with Crippen LogP contribution in [0.15, 0.2) is 16.9 Å². The van der Waals surface area contributed by atoms with E-state index in [1.54, 1.807) is 24.0 Å². The van der Waals surface area contributed by atoms with Gasteiger partial charge in [-0.1, -0.05) is 5.16 Å². The van der Waals surface area contributed by atoms with E-state index in [4.69, 9.17) is 15.0 Å². The van der Waals surface area contributed by atoms with Crippen molar-refractivity contribution in [1.29, 1.82) is 0 Å². The molecule has 0 aromatic carbocycles. The van der Waals surface area contributed by atoms with Crippen LogP contribution in [0.5, 0.6) is 0 Å². The van der Waals surface area contributed by atoms with E-state index in [1.807, 2.05) is 0 Å². The first-order valence-electron chi connectivity index (χ1n) is 7.59. The molecule has 0 aliphatic heterocycles. The highest BCUT2D eigenvalue weighted by Crippen LogP contribution is 2.31. The second-order valence-corrected chi connectivity index (χ2v) is 5.73. The fourth-order valence-corrected chi connectivity index (χ4v) is 2.76. The van der Waals surface area contributed by atoms with Crippen LogP contribution < -0.4 is 11.1 Å². The van der Waals surface area contributed by atoms with E-state index in [2.05, 4.69) is 20.6 Å². The van der Waals surface area contributed by atoms with Gasteiger partial charge in [0.25, 0.3) is 0 Å². The molecule has 3 rings (SSSR count). The Morgan fingerprint density at radius 1 is 1.50 bits per heavy atom. The molecule has 2 aromatic rings. The smallest absolute Gasteiger partial charge is 0.404 e. The predicted octanol–water partition coefficient (Wildman–Crippen LogP) is 0.945. The number of nitrogens with zero attached hydrogens (tertiary/aromatic N) is 4. The van der Waals surface area contributed by atoms with Gasteiger partial charge in [0.1, 0.15) is 18.2 Å². The van der Waals surface area contributed by atoms with E-state index >= 15 is 0 Å². The van der Waals surface area contributed by atoms with E-state index < -0.39 is 6.09 Å². The predicted molar refractivity (Wildman–Crippen MR) is 80.9 cm³/mol. The Morgan fingerprint density at radius 3 is 3.04 bits per heavy atom. The molecule has 1 aliphatic rings. The van der Waals surface area contributed by atoms with Gasteiger partial charge in [-0.15, -0.1) is 5.10 Å². The number of nitrogens with one attached hydrogen (secondary N) is 1. The summed E-state index contributed by atoms with van der Waals surface area (Å²) in [6.07, 6.45) is 2.78. The molecule has 2 unspecified atom stereocenters. The summed E-state index contributed by atoms with van der Waals surface area (Å²) in [5, 5.41) is 10.6. The first-order valence-corrected chi connectivity index (χ1v) is 7.59. The monoisotopic (exact) mass is 334 g/mol. The maximum absolute atomic E-state index is 11.9. The molecule has 2 heterocycles. The van der Waals surface area contributed by atoms with E-state index in [0.29, 0.717) is 17.9 Å². The van der Waals surface area contributed by atoms with Crippen molar-refractivity contribution in [3.8, 4) is 0 Å². The standard InChI is InChI=1S/C14H18N6O4/c1-8-4-11(24-19-8)6-12(21)17-14-16-7-20(18-14)9-2-3-10(5-9)23-13(15)22/h4,7,9-10H,2-3,5-6H2,1H3,(H2,15,22)(H,17,18,21). The minimum Gasteiger partial charge on any atom is -0.446 e. The lowest BCUT2D eigenvalue weighted by Crippen LogP contribution is -2.21. The first kappa shape index (κ1) is 16.0. The minimum absolute atomic E-state index is 0.0597. The Bertz CT molecular complexity index is 739. The minimum atomic E-state index is -0.769. The van der Waals surface area contributed by atoms with Gasteiger partial charge in [-0.3, -0.25) is 10.1 Å². The molecule has 1 fully saturated rings. The van der Waals surface area contributed by atoms with Crippen LogP contribution >= 0.6 is 0 Å². The van der Waals surface area contributed by atoms with Crippen molar-refractivity contribution in [2.45, 2.75) is 44.8 Å². The average Bonchev–Trinajstić information content (AvgIpc) is 3.20. The molecule has 24 heavy (non-hydrogen) atoms. The molecular weight excluding hydrogens is 316 g/mol. The van der Waals surface area contributed by atoms with E-state index in [0.717, 1.165) is 12.8 Å². The van der Waals surface area contributed by atoms with Crippen molar-refractivity contribution in [2.24, 2.45) is 5.73 Å². The Balaban J connectivity index is 1.54. The average molecular weight is 334 g/mol. The molecule has 2 amide bonds. The molecule has 0 spiro atoms. The summed E-state index contributed by atoms with van der Waals surface area (Å²) in [6, 6.07) is 1.76. The van der Waals surface area contributed by atoms with E-state index in [-0.39, 0.29) is 30.4 Å². The Kier molecular flexibility index (Phi) is 4.45. The zero-order chi connectivity index (χ0) is 17.1. The summed E-state index contributed by atoms with van der Waals surface area (Å²) < 4.78 is 11.7. The number of ether oxygens (including phenoxy) is 1. The van der Waals surface area contributed by atoms with Gasteiger partial charge in [0.2, 0.25) is 11.9 Å². The number of hydrogen-bond acceptors (Lipinski definition) is 7. The maximum Gasteiger partial charge on any atom is 0.404 e. The topological polar surface area (TPSA) is 138 Å². The lowest BCUT2D eigenvalue weighted by Gasteiger charge is -2.11. The van der Waals surface area contributed by atoms with Crippen LogP contribution in [0.2, 0.25) is 0 Å². The molecule has 1 aliphatic carbocycles. The Morgan fingerprint density at radius 2 is 2.33 bits per heavy atom. The van der Waals surface area contributed by atoms with E-state index in [9.17, 15) is 9.59 Å². The molecule has 3 N–H and O–H groups in total. The van der Waals surface area contributed by atoms with Gasteiger partial charge in [-0.25, -0.2) is 14.5 Å². The molecule has 0 saturated heterocycles. The van der Waals surface area contributed by atoms with Crippen LogP contribution in [0, 0.1) is 6.92 Å². The summed E-state index contributed by atoms with van der Waals surface area (Å²) in [7, 11) is 0. The Hall–Kier alpha value is -2.91. The molecule has 0 bridgehead atoms. The third-order valence-corrected chi connectivity index (χ3v) is 3.79. The zero-order valence-corrected chi connectivity index (χ0v) is 13.1. The Labute approximate surface area is 137 Å². The summed E-state index contributed by atoms with van der Waals surface area (Å²) in [5.74, 6) is 0.410. The van der Waals surface area contributed by atoms with E-state index in [1.165, 1.54) is 0 Å². The molecule has 2 atom stereocenters. The summed E-state index contributed by atoms with van der Waals surface area (Å²) in [5.41, 5.74) is 5.74. The summed E-state index contributed by atoms with van der Waals surface area (Å²) in [6.45, 7) is 1.78. The van der Waals surface area contributed by atoms with Crippen LogP contribution in [-0.4, -0.2) is 38.0 Å². The maximum atomic E-state index is 11.9. The van der Waals surface area contributed by atoms with Gasteiger partial charge < -0.3 is 15.0 Å². The highest BCUT2D eigenvalue weighted by Gasteiger charge is 2.29. The lowest BCUT2D eigenvalue weighted by molar-refractivity contribution is -0.115. The van der Waals surface area contributed by atoms with Crippen molar-refractivity contribution in [3.63, 3.8) is 0 Å². The number of hydrogen-bond donors (Lipinski definition) is 2. The largest absolute Gasteiger partial charge is 0.446 e. The zero-order valence-electron chi connectivity index (χ0n) is 13.1. The van der Waals surface area contributed by atoms with Gasteiger partial charge in [0.05, 0.1) is 18.2 Å². The van der Waals surface area contributed by atoms with Crippen LogP contribution in [0.4, 0.5) is 10.7 Å². The number of nitrogens with two attached hydrogens (primary N) is 1. The van der Waals surface area contributed by atoms with Gasteiger partial charge in [0, 0.05) is 12.5 Å². The molecular formula is C14H18N6O4.